The highest BCUT2D eigenvalue weighted by Crippen LogP contribution is 2.15. The van der Waals surface area contributed by atoms with Crippen molar-refractivity contribution < 1.29 is 24.1 Å². The maximum atomic E-state index is 11.5. The zero-order valence-corrected chi connectivity index (χ0v) is 14.3. The van der Waals surface area contributed by atoms with Gasteiger partial charge in [0, 0.05) is 6.42 Å². The van der Waals surface area contributed by atoms with Crippen LogP contribution in [0.25, 0.3) is 0 Å². The van der Waals surface area contributed by atoms with Gasteiger partial charge in [-0.3, -0.25) is 0 Å². The third kappa shape index (κ3) is 6.84. The third-order valence-electron chi connectivity index (χ3n) is 3.41. The van der Waals surface area contributed by atoms with E-state index in [2.05, 4.69) is 0 Å². The molecular weight excluding hydrogens is 296 g/mol. The minimum Gasteiger partial charge on any atom is -0.497 e. The molecule has 5 nitrogen and oxygen atoms in total. The van der Waals surface area contributed by atoms with Crippen molar-refractivity contribution in [3.8, 4) is 5.75 Å². The van der Waals surface area contributed by atoms with Crippen LogP contribution in [0.15, 0.2) is 35.4 Å². The molecule has 0 spiro atoms. The lowest BCUT2D eigenvalue weighted by Crippen LogP contribution is -2.24. The predicted molar refractivity (Wildman–Crippen MR) is 88.3 cm³/mol. The molecule has 1 aromatic rings. The van der Waals surface area contributed by atoms with E-state index in [1.165, 1.54) is 0 Å². The number of hydrogen-bond acceptors (Lipinski definition) is 5. The molecule has 0 saturated carbocycles. The maximum Gasteiger partial charge on any atom is 0.335 e. The van der Waals surface area contributed by atoms with Gasteiger partial charge in [-0.15, -0.1) is 0 Å². The van der Waals surface area contributed by atoms with Crippen LogP contribution in [0.1, 0.15) is 32.8 Å². The molecule has 0 bridgehead atoms. The summed E-state index contributed by atoms with van der Waals surface area (Å²) >= 11 is 0. The molecule has 0 heterocycles. The first-order chi connectivity index (χ1) is 11.0. The fourth-order valence-corrected chi connectivity index (χ4v) is 1.98. The molecule has 1 atom stereocenters. The second-order valence-electron chi connectivity index (χ2n) is 5.42. The fraction of sp³-hybridized carbons (Fsp3) is 0.500. The van der Waals surface area contributed by atoms with Gasteiger partial charge in [0.05, 0.1) is 26.9 Å². The quantitative estimate of drug-likeness (QED) is 0.559. The molecule has 0 aliphatic rings. The van der Waals surface area contributed by atoms with Crippen LogP contribution in [0.4, 0.5) is 0 Å². The molecule has 5 heteroatoms. The number of ether oxygens (including phenoxy) is 3. The van der Waals surface area contributed by atoms with E-state index in [0.29, 0.717) is 13.2 Å². The zero-order valence-electron chi connectivity index (χ0n) is 14.3. The van der Waals surface area contributed by atoms with Gasteiger partial charge in [0.15, 0.2) is 6.10 Å². The number of hydrogen-bond donors (Lipinski definition) is 1. The van der Waals surface area contributed by atoms with Gasteiger partial charge in [-0.25, -0.2) is 4.79 Å². The lowest BCUT2D eigenvalue weighted by molar-refractivity contribution is -0.152. The number of carbonyl (C=O) groups is 1. The second kappa shape index (κ2) is 10.0. The van der Waals surface area contributed by atoms with Crippen molar-refractivity contribution in [1.82, 2.24) is 0 Å². The standard InChI is InChI=1S/C18H26O5/c1-5-23-18(20)17(19)10-15(13(2)3)12-22-11-14-6-8-16(21-4)9-7-14/h6-9,17,19H,5,10-12H2,1-4H3/t17-/m0/s1. The van der Waals surface area contributed by atoms with E-state index in [1.54, 1.807) is 14.0 Å². The summed E-state index contributed by atoms with van der Waals surface area (Å²) in [5, 5.41) is 9.86. The van der Waals surface area contributed by atoms with Crippen LogP contribution in [0.5, 0.6) is 5.75 Å². The second-order valence-corrected chi connectivity index (χ2v) is 5.42. The van der Waals surface area contributed by atoms with Crippen LogP contribution in [0, 0.1) is 0 Å². The molecule has 1 aromatic carbocycles. The first kappa shape index (κ1) is 19.2. The van der Waals surface area contributed by atoms with Gasteiger partial charge in [-0.1, -0.05) is 17.7 Å². The molecule has 0 aromatic heterocycles. The Morgan fingerprint density at radius 2 is 1.87 bits per heavy atom. The number of aliphatic hydroxyl groups excluding tert-OH is 1. The summed E-state index contributed by atoms with van der Waals surface area (Å²) in [5.41, 5.74) is 2.96. The van der Waals surface area contributed by atoms with Crippen molar-refractivity contribution >= 4 is 5.97 Å². The lowest BCUT2D eigenvalue weighted by atomic mass is 10.0. The van der Waals surface area contributed by atoms with Crippen molar-refractivity contribution in [2.75, 3.05) is 20.3 Å². The molecular formula is C18H26O5. The molecule has 0 saturated heterocycles. The topological polar surface area (TPSA) is 65.0 Å². The molecule has 0 fully saturated rings. The summed E-state index contributed by atoms with van der Waals surface area (Å²) in [5.74, 6) is 0.206. The van der Waals surface area contributed by atoms with Crippen LogP contribution < -0.4 is 4.74 Å². The van der Waals surface area contributed by atoms with Gasteiger partial charge >= 0.3 is 5.97 Å². The Morgan fingerprint density at radius 1 is 1.22 bits per heavy atom. The SMILES string of the molecule is CCOC(=O)[C@@H](O)CC(COCc1ccc(OC)cc1)=C(C)C. The highest BCUT2D eigenvalue weighted by molar-refractivity contribution is 5.74. The minimum atomic E-state index is -1.15. The van der Waals surface area contributed by atoms with Crippen molar-refractivity contribution in [1.29, 1.82) is 0 Å². The Balaban J connectivity index is 2.50. The van der Waals surface area contributed by atoms with E-state index in [0.717, 1.165) is 22.5 Å². The molecule has 1 rings (SSSR count). The largest absolute Gasteiger partial charge is 0.497 e. The first-order valence-electron chi connectivity index (χ1n) is 7.68. The average molecular weight is 322 g/mol. The number of aliphatic hydroxyl groups is 1. The molecule has 128 valence electrons. The first-order valence-corrected chi connectivity index (χ1v) is 7.68. The van der Waals surface area contributed by atoms with Gasteiger partial charge in [0.1, 0.15) is 5.75 Å². The van der Waals surface area contributed by atoms with E-state index >= 15 is 0 Å². The maximum absolute atomic E-state index is 11.5. The molecule has 1 N–H and O–H groups in total. The van der Waals surface area contributed by atoms with Gasteiger partial charge in [-0.2, -0.15) is 0 Å². The highest BCUT2D eigenvalue weighted by atomic mass is 16.5. The lowest BCUT2D eigenvalue weighted by Gasteiger charge is -2.15. The van der Waals surface area contributed by atoms with Crippen LogP contribution >= 0.6 is 0 Å². The van der Waals surface area contributed by atoms with Crippen molar-refractivity contribution in [3.05, 3.63) is 41.0 Å². The van der Waals surface area contributed by atoms with Gasteiger partial charge in [-0.05, 0) is 44.0 Å². The number of rotatable bonds is 9. The molecule has 23 heavy (non-hydrogen) atoms. The van der Waals surface area contributed by atoms with Crippen molar-refractivity contribution in [2.24, 2.45) is 0 Å². The Hall–Kier alpha value is -1.85. The Kier molecular flexibility index (Phi) is 8.37. The number of methoxy groups -OCH3 is 1. The molecule has 0 radical (unpaired) electrons. The highest BCUT2D eigenvalue weighted by Gasteiger charge is 2.18. The predicted octanol–water partition coefficient (Wildman–Crippen LogP) is 2.86. The van der Waals surface area contributed by atoms with Crippen LogP contribution in [-0.4, -0.2) is 37.5 Å². The molecule has 0 aliphatic heterocycles. The normalized spacial score (nSPS) is 11.7. The smallest absolute Gasteiger partial charge is 0.335 e. The fourth-order valence-electron chi connectivity index (χ4n) is 1.98. The summed E-state index contributed by atoms with van der Waals surface area (Å²) in [7, 11) is 1.63. The van der Waals surface area contributed by atoms with Crippen LogP contribution in [0.2, 0.25) is 0 Å². The summed E-state index contributed by atoms with van der Waals surface area (Å²) in [6.45, 7) is 6.66. The van der Waals surface area contributed by atoms with Gasteiger partial charge in [0.2, 0.25) is 0 Å². The zero-order chi connectivity index (χ0) is 17.2. The molecule has 0 aliphatic carbocycles. The minimum absolute atomic E-state index is 0.226. The Labute approximate surface area is 137 Å². The average Bonchev–Trinajstić information content (AvgIpc) is 2.54. The van der Waals surface area contributed by atoms with Crippen LogP contribution in [0.3, 0.4) is 0 Å². The van der Waals surface area contributed by atoms with E-state index in [9.17, 15) is 9.90 Å². The van der Waals surface area contributed by atoms with Crippen LogP contribution in [-0.2, 0) is 20.9 Å². The Bertz CT molecular complexity index is 515. The number of esters is 1. The third-order valence-corrected chi connectivity index (χ3v) is 3.41. The van der Waals surface area contributed by atoms with Crippen molar-refractivity contribution in [3.63, 3.8) is 0 Å². The monoisotopic (exact) mass is 322 g/mol. The number of benzene rings is 1. The number of carbonyl (C=O) groups excluding carboxylic acids is 1. The van der Waals surface area contributed by atoms with Crippen molar-refractivity contribution in [2.45, 2.75) is 39.9 Å². The van der Waals surface area contributed by atoms with E-state index in [1.807, 2.05) is 38.1 Å². The van der Waals surface area contributed by atoms with E-state index < -0.39 is 12.1 Å². The van der Waals surface area contributed by atoms with E-state index in [-0.39, 0.29) is 13.0 Å². The molecule has 0 unspecified atom stereocenters. The summed E-state index contributed by atoms with van der Waals surface area (Å²) < 4.78 is 15.6. The summed E-state index contributed by atoms with van der Waals surface area (Å²) in [4.78, 5) is 11.5. The number of allylic oxidation sites excluding steroid dienone is 1. The van der Waals surface area contributed by atoms with Gasteiger partial charge in [0.25, 0.3) is 0 Å². The van der Waals surface area contributed by atoms with E-state index in [4.69, 9.17) is 14.2 Å². The molecule has 0 amide bonds. The Morgan fingerprint density at radius 3 is 2.39 bits per heavy atom. The summed E-state index contributed by atoms with van der Waals surface area (Å²) in [6.07, 6.45) is -0.923. The summed E-state index contributed by atoms with van der Waals surface area (Å²) in [6, 6.07) is 7.64. The van der Waals surface area contributed by atoms with Gasteiger partial charge < -0.3 is 19.3 Å².